The first-order valence-corrected chi connectivity index (χ1v) is 10.5. The Balaban J connectivity index is 1.32. The van der Waals surface area contributed by atoms with Gasteiger partial charge in [0.1, 0.15) is 0 Å². The fraction of sp³-hybridized carbons (Fsp3) is 0.360. The van der Waals surface area contributed by atoms with E-state index in [-0.39, 0.29) is 17.4 Å². The molecule has 1 fully saturated rings. The standard InChI is InChI=1S/C25H29N3O2/c1-25(2)19(15-23(25)26-24(29)18-10-6-4-7-11-18)14-20-16-22(30-27-20)17-28(3)21-12-8-5-9-13-21/h4-13,16,19,23H,14-15,17H2,1-3H3,(H,26,29)/t19-,23+/m1/s1. The minimum absolute atomic E-state index is 0.000188. The van der Waals surface area contributed by atoms with E-state index in [2.05, 4.69) is 47.4 Å². The summed E-state index contributed by atoms with van der Waals surface area (Å²) in [6.45, 7) is 5.13. The van der Waals surface area contributed by atoms with Crippen molar-refractivity contribution in [3.63, 3.8) is 0 Å². The summed E-state index contributed by atoms with van der Waals surface area (Å²) in [7, 11) is 2.05. The van der Waals surface area contributed by atoms with E-state index in [4.69, 9.17) is 4.52 Å². The number of para-hydroxylation sites is 1. The van der Waals surface area contributed by atoms with Gasteiger partial charge in [-0.25, -0.2) is 0 Å². The molecule has 4 rings (SSSR count). The molecular formula is C25H29N3O2. The molecule has 1 aromatic heterocycles. The molecule has 0 spiro atoms. The molecule has 1 aliphatic rings. The number of amides is 1. The first-order chi connectivity index (χ1) is 14.4. The van der Waals surface area contributed by atoms with Gasteiger partial charge in [-0.2, -0.15) is 0 Å². The second-order valence-electron chi connectivity index (χ2n) is 8.83. The van der Waals surface area contributed by atoms with Crippen LogP contribution in [0, 0.1) is 11.3 Å². The average Bonchev–Trinajstić information content (AvgIpc) is 3.21. The van der Waals surface area contributed by atoms with Crippen LogP contribution in [-0.4, -0.2) is 24.2 Å². The van der Waals surface area contributed by atoms with Crippen molar-refractivity contribution in [2.24, 2.45) is 11.3 Å². The molecule has 3 aromatic rings. The molecule has 156 valence electrons. The zero-order valence-electron chi connectivity index (χ0n) is 17.8. The van der Waals surface area contributed by atoms with E-state index in [9.17, 15) is 4.79 Å². The summed E-state index contributed by atoms with van der Waals surface area (Å²) in [5.74, 6) is 1.32. The topological polar surface area (TPSA) is 58.4 Å². The highest BCUT2D eigenvalue weighted by atomic mass is 16.5. The van der Waals surface area contributed by atoms with Crippen molar-refractivity contribution in [3.8, 4) is 0 Å². The number of benzene rings is 2. The van der Waals surface area contributed by atoms with Crippen LogP contribution in [0.1, 0.15) is 42.1 Å². The Kier molecular flexibility index (Phi) is 5.62. The minimum atomic E-state index is -0.000188. The van der Waals surface area contributed by atoms with Gasteiger partial charge in [0.05, 0.1) is 12.2 Å². The number of hydrogen-bond donors (Lipinski definition) is 1. The van der Waals surface area contributed by atoms with Crippen molar-refractivity contribution >= 4 is 11.6 Å². The van der Waals surface area contributed by atoms with Gasteiger partial charge >= 0.3 is 0 Å². The number of nitrogens with one attached hydrogen (secondary N) is 1. The first-order valence-electron chi connectivity index (χ1n) is 10.5. The van der Waals surface area contributed by atoms with Gasteiger partial charge in [0.15, 0.2) is 5.76 Å². The second-order valence-corrected chi connectivity index (χ2v) is 8.83. The number of carbonyl (C=O) groups is 1. The molecule has 0 saturated heterocycles. The summed E-state index contributed by atoms with van der Waals surface area (Å²) in [5, 5.41) is 7.49. The van der Waals surface area contributed by atoms with Gasteiger partial charge in [0.2, 0.25) is 0 Å². The third-order valence-corrected chi connectivity index (χ3v) is 6.47. The van der Waals surface area contributed by atoms with Crippen LogP contribution in [0.3, 0.4) is 0 Å². The molecule has 0 aliphatic heterocycles. The van der Waals surface area contributed by atoms with E-state index in [0.29, 0.717) is 18.0 Å². The number of carbonyl (C=O) groups excluding carboxylic acids is 1. The Morgan fingerprint density at radius 1 is 1.13 bits per heavy atom. The fourth-order valence-corrected chi connectivity index (χ4v) is 4.22. The number of nitrogens with zero attached hydrogens (tertiary/aromatic N) is 2. The van der Waals surface area contributed by atoms with E-state index in [0.717, 1.165) is 30.0 Å². The van der Waals surface area contributed by atoms with Gasteiger partial charge in [-0.3, -0.25) is 4.79 Å². The molecule has 5 nitrogen and oxygen atoms in total. The highest BCUT2D eigenvalue weighted by Crippen LogP contribution is 2.47. The van der Waals surface area contributed by atoms with Crippen molar-refractivity contribution < 1.29 is 9.32 Å². The average molecular weight is 404 g/mol. The van der Waals surface area contributed by atoms with Crippen LogP contribution < -0.4 is 10.2 Å². The molecule has 30 heavy (non-hydrogen) atoms. The zero-order chi connectivity index (χ0) is 21.1. The van der Waals surface area contributed by atoms with Crippen LogP contribution in [0.2, 0.25) is 0 Å². The maximum Gasteiger partial charge on any atom is 0.251 e. The molecule has 0 radical (unpaired) electrons. The molecular weight excluding hydrogens is 374 g/mol. The summed E-state index contributed by atoms with van der Waals surface area (Å²) in [5.41, 5.74) is 2.86. The van der Waals surface area contributed by atoms with Crippen LogP contribution in [0.25, 0.3) is 0 Å². The quantitative estimate of drug-likeness (QED) is 0.621. The number of aromatic nitrogens is 1. The third-order valence-electron chi connectivity index (χ3n) is 6.47. The predicted octanol–water partition coefficient (Wildman–Crippen LogP) is 4.70. The first kappa shape index (κ1) is 20.2. The molecule has 2 aromatic carbocycles. The highest BCUT2D eigenvalue weighted by Gasteiger charge is 2.48. The lowest BCUT2D eigenvalue weighted by atomic mass is 9.57. The third kappa shape index (κ3) is 4.25. The fourth-order valence-electron chi connectivity index (χ4n) is 4.22. The van der Waals surface area contributed by atoms with Crippen molar-refractivity contribution in [2.75, 3.05) is 11.9 Å². The van der Waals surface area contributed by atoms with Gasteiger partial charge in [-0.15, -0.1) is 0 Å². The van der Waals surface area contributed by atoms with Gasteiger partial charge in [-0.1, -0.05) is 55.4 Å². The Labute approximate surface area is 178 Å². The zero-order valence-corrected chi connectivity index (χ0v) is 17.8. The molecule has 5 heteroatoms. The maximum absolute atomic E-state index is 12.5. The molecule has 1 heterocycles. The van der Waals surface area contributed by atoms with Gasteiger partial charge in [0, 0.05) is 30.4 Å². The van der Waals surface area contributed by atoms with Crippen LogP contribution in [0.5, 0.6) is 0 Å². The van der Waals surface area contributed by atoms with Crippen LogP contribution in [0.15, 0.2) is 71.3 Å². The van der Waals surface area contributed by atoms with Gasteiger partial charge in [0.25, 0.3) is 5.91 Å². The van der Waals surface area contributed by atoms with Crippen LogP contribution >= 0.6 is 0 Å². The predicted molar refractivity (Wildman–Crippen MR) is 118 cm³/mol. The Morgan fingerprint density at radius 3 is 2.47 bits per heavy atom. The van der Waals surface area contributed by atoms with Gasteiger partial charge < -0.3 is 14.7 Å². The second kappa shape index (κ2) is 8.34. The smallest absolute Gasteiger partial charge is 0.251 e. The van der Waals surface area contributed by atoms with Crippen LogP contribution in [-0.2, 0) is 13.0 Å². The summed E-state index contributed by atoms with van der Waals surface area (Å²) >= 11 is 0. The Morgan fingerprint density at radius 2 is 1.80 bits per heavy atom. The van der Waals surface area contributed by atoms with Crippen molar-refractivity contribution in [2.45, 2.75) is 39.3 Å². The molecule has 1 aliphatic carbocycles. The molecule has 1 amide bonds. The summed E-state index contributed by atoms with van der Waals surface area (Å²) in [4.78, 5) is 14.6. The lowest BCUT2D eigenvalue weighted by Gasteiger charge is -2.52. The normalized spacial score (nSPS) is 19.7. The van der Waals surface area contributed by atoms with E-state index < -0.39 is 0 Å². The lowest BCUT2D eigenvalue weighted by molar-refractivity contribution is 0.0138. The van der Waals surface area contributed by atoms with E-state index in [1.165, 1.54) is 0 Å². The van der Waals surface area contributed by atoms with E-state index in [1.54, 1.807) is 0 Å². The Bertz CT molecular complexity index is 982. The summed E-state index contributed by atoms with van der Waals surface area (Å²) in [6, 6.07) is 21.9. The molecule has 0 unspecified atom stereocenters. The largest absolute Gasteiger partial charge is 0.367 e. The minimum Gasteiger partial charge on any atom is -0.367 e. The van der Waals surface area contributed by atoms with Crippen LogP contribution in [0.4, 0.5) is 5.69 Å². The number of rotatable bonds is 7. The van der Waals surface area contributed by atoms with Crippen molar-refractivity contribution in [1.29, 1.82) is 0 Å². The van der Waals surface area contributed by atoms with Gasteiger partial charge in [-0.05, 0) is 48.4 Å². The molecule has 2 atom stereocenters. The van der Waals surface area contributed by atoms with Crippen molar-refractivity contribution in [3.05, 3.63) is 83.7 Å². The van der Waals surface area contributed by atoms with E-state index in [1.807, 2.05) is 55.6 Å². The molecule has 1 saturated carbocycles. The van der Waals surface area contributed by atoms with E-state index >= 15 is 0 Å². The summed E-state index contributed by atoms with van der Waals surface area (Å²) < 4.78 is 5.58. The lowest BCUT2D eigenvalue weighted by Crippen LogP contribution is -2.58. The number of hydrogen-bond acceptors (Lipinski definition) is 4. The summed E-state index contributed by atoms with van der Waals surface area (Å²) in [6.07, 6.45) is 1.82. The molecule has 1 N–H and O–H groups in total. The molecule has 0 bridgehead atoms. The SMILES string of the molecule is CN(Cc1cc(C[C@@H]2C[C@H](NC(=O)c3ccccc3)C2(C)C)no1)c1ccccc1. The number of anilines is 1. The Hall–Kier alpha value is -3.08. The van der Waals surface area contributed by atoms with Crippen molar-refractivity contribution in [1.82, 2.24) is 10.5 Å². The highest BCUT2D eigenvalue weighted by molar-refractivity contribution is 5.94. The maximum atomic E-state index is 12.5. The monoisotopic (exact) mass is 403 g/mol.